The van der Waals surface area contributed by atoms with Gasteiger partial charge in [0.1, 0.15) is 5.82 Å². The summed E-state index contributed by atoms with van der Waals surface area (Å²) in [5.74, 6) is 2.74. The molecule has 4 heteroatoms. The van der Waals surface area contributed by atoms with Crippen LogP contribution in [-0.2, 0) is 0 Å². The lowest BCUT2D eigenvalue weighted by Crippen LogP contribution is -2.21. The maximum Gasteiger partial charge on any atom is 0.140 e. The fraction of sp³-hybridized carbons (Fsp3) is 0.643. The van der Waals surface area contributed by atoms with Gasteiger partial charge in [0.2, 0.25) is 0 Å². The van der Waals surface area contributed by atoms with Crippen molar-refractivity contribution in [1.82, 2.24) is 4.98 Å². The van der Waals surface area contributed by atoms with Gasteiger partial charge in [0, 0.05) is 17.2 Å². The Kier molecular flexibility index (Phi) is 5.49. The Hall–Kier alpha value is -0.0900. The van der Waals surface area contributed by atoms with Crippen LogP contribution in [0.4, 0.5) is 5.82 Å². The van der Waals surface area contributed by atoms with Gasteiger partial charge in [-0.15, -0.1) is 0 Å². The van der Waals surface area contributed by atoms with Gasteiger partial charge in [-0.1, -0.05) is 26.2 Å². The third-order valence-electron chi connectivity index (χ3n) is 3.91. The van der Waals surface area contributed by atoms with Crippen LogP contribution >= 0.6 is 31.9 Å². The van der Waals surface area contributed by atoms with E-state index in [-0.39, 0.29) is 0 Å². The molecule has 0 amide bonds. The molecule has 0 aromatic carbocycles. The average molecular weight is 376 g/mol. The number of pyridine rings is 1. The summed E-state index contributed by atoms with van der Waals surface area (Å²) in [6.07, 6.45) is 8.70. The zero-order valence-electron chi connectivity index (χ0n) is 10.8. The van der Waals surface area contributed by atoms with Gasteiger partial charge >= 0.3 is 0 Å². The number of aromatic nitrogens is 1. The molecule has 0 saturated heterocycles. The number of anilines is 1. The number of hydrogen-bond acceptors (Lipinski definition) is 2. The van der Waals surface area contributed by atoms with Gasteiger partial charge in [-0.2, -0.15) is 0 Å². The topological polar surface area (TPSA) is 24.9 Å². The summed E-state index contributed by atoms with van der Waals surface area (Å²) in [6.45, 7) is 3.36. The van der Waals surface area contributed by atoms with Crippen molar-refractivity contribution in [2.24, 2.45) is 11.8 Å². The van der Waals surface area contributed by atoms with Crippen LogP contribution in [0.5, 0.6) is 0 Å². The predicted molar refractivity (Wildman–Crippen MR) is 83.9 cm³/mol. The minimum atomic E-state index is 0.810. The molecule has 0 bridgehead atoms. The highest BCUT2D eigenvalue weighted by Crippen LogP contribution is 2.31. The molecule has 1 aliphatic carbocycles. The van der Waals surface area contributed by atoms with Crippen molar-refractivity contribution in [3.8, 4) is 0 Å². The minimum Gasteiger partial charge on any atom is -0.369 e. The van der Waals surface area contributed by atoms with E-state index in [1.54, 1.807) is 0 Å². The maximum atomic E-state index is 4.39. The second-order valence-corrected chi connectivity index (χ2v) is 6.93. The van der Waals surface area contributed by atoms with E-state index in [2.05, 4.69) is 49.1 Å². The molecule has 1 heterocycles. The van der Waals surface area contributed by atoms with E-state index < -0.39 is 0 Å². The van der Waals surface area contributed by atoms with Crippen molar-refractivity contribution in [3.63, 3.8) is 0 Å². The number of halogens is 2. The van der Waals surface area contributed by atoms with Gasteiger partial charge in [-0.3, -0.25) is 0 Å². The summed E-state index contributed by atoms with van der Waals surface area (Å²) >= 11 is 6.96. The molecule has 0 atom stereocenters. The Morgan fingerprint density at radius 3 is 2.50 bits per heavy atom. The first-order valence-corrected chi connectivity index (χ1v) is 8.32. The zero-order valence-corrected chi connectivity index (χ0v) is 13.9. The second kappa shape index (κ2) is 6.90. The fourth-order valence-corrected chi connectivity index (χ4v) is 3.76. The van der Waals surface area contributed by atoms with Crippen LogP contribution < -0.4 is 5.32 Å². The highest BCUT2D eigenvalue weighted by molar-refractivity contribution is 9.11. The highest BCUT2D eigenvalue weighted by Gasteiger charge is 2.19. The van der Waals surface area contributed by atoms with Crippen molar-refractivity contribution >= 4 is 37.7 Å². The molecule has 1 N–H and O–H groups in total. The van der Waals surface area contributed by atoms with Gasteiger partial charge in [0.15, 0.2) is 0 Å². The monoisotopic (exact) mass is 374 g/mol. The van der Waals surface area contributed by atoms with Crippen LogP contribution in [0.15, 0.2) is 21.2 Å². The van der Waals surface area contributed by atoms with Crippen LogP contribution in [0, 0.1) is 11.8 Å². The van der Waals surface area contributed by atoms with Crippen LogP contribution in [0.25, 0.3) is 0 Å². The van der Waals surface area contributed by atoms with E-state index in [4.69, 9.17) is 0 Å². The molecular weight excluding hydrogens is 356 g/mol. The van der Waals surface area contributed by atoms with Gasteiger partial charge in [-0.25, -0.2) is 4.98 Å². The fourth-order valence-electron chi connectivity index (χ4n) is 2.63. The Morgan fingerprint density at radius 2 is 1.89 bits per heavy atom. The van der Waals surface area contributed by atoms with Crippen LogP contribution in [0.2, 0.25) is 0 Å². The van der Waals surface area contributed by atoms with Crippen molar-refractivity contribution in [1.29, 1.82) is 0 Å². The lowest BCUT2D eigenvalue weighted by molar-refractivity contribution is 0.278. The van der Waals surface area contributed by atoms with Gasteiger partial charge in [0.05, 0.1) is 4.47 Å². The van der Waals surface area contributed by atoms with Gasteiger partial charge < -0.3 is 5.32 Å². The van der Waals surface area contributed by atoms with Crippen molar-refractivity contribution in [2.75, 3.05) is 11.9 Å². The van der Waals surface area contributed by atoms with Crippen molar-refractivity contribution < 1.29 is 0 Å². The molecule has 0 radical (unpaired) electrons. The van der Waals surface area contributed by atoms with E-state index in [0.717, 1.165) is 33.1 Å². The average Bonchev–Trinajstić information content (AvgIpc) is 2.38. The third-order valence-corrected chi connectivity index (χ3v) is 4.95. The summed E-state index contributed by atoms with van der Waals surface area (Å²) in [5.41, 5.74) is 0. The predicted octanol–water partition coefficient (Wildman–Crippen LogP) is 5.23. The van der Waals surface area contributed by atoms with E-state index in [1.807, 2.05) is 12.3 Å². The maximum absolute atomic E-state index is 4.39. The Morgan fingerprint density at radius 1 is 1.22 bits per heavy atom. The van der Waals surface area contributed by atoms with Gasteiger partial charge in [0.25, 0.3) is 0 Å². The van der Waals surface area contributed by atoms with Crippen molar-refractivity contribution in [2.45, 2.75) is 39.0 Å². The summed E-state index contributed by atoms with van der Waals surface area (Å²) < 4.78 is 2.03. The molecule has 1 fully saturated rings. The largest absolute Gasteiger partial charge is 0.369 e. The molecule has 100 valence electrons. The number of nitrogens with one attached hydrogen (secondary N) is 1. The molecule has 1 aromatic rings. The lowest BCUT2D eigenvalue weighted by atomic mass is 9.81. The number of rotatable bonds is 4. The van der Waals surface area contributed by atoms with E-state index in [1.165, 1.54) is 32.1 Å². The third kappa shape index (κ3) is 3.95. The molecule has 0 spiro atoms. The molecule has 1 aliphatic rings. The molecule has 0 aliphatic heterocycles. The van der Waals surface area contributed by atoms with Gasteiger partial charge in [-0.05, 0) is 62.6 Å². The SMILES string of the molecule is CCC1CCC(CNc2ncc(Br)cc2Br)CC1. The second-order valence-electron chi connectivity index (χ2n) is 5.16. The van der Waals surface area contributed by atoms with Crippen molar-refractivity contribution in [3.05, 3.63) is 21.2 Å². The minimum absolute atomic E-state index is 0.810. The van der Waals surface area contributed by atoms with Crippen LogP contribution in [0.1, 0.15) is 39.0 Å². The summed E-state index contributed by atoms with van der Waals surface area (Å²) in [4.78, 5) is 4.39. The molecular formula is C14H20Br2N2. The molecule has 2 nitrogen and oxygen atoms in total. The first kappa shape index (κ1) is 14.3. The molecule has 1 aromatic heterocycles. The standard InChI is InChI=1S/C14H20Br2N2/c1-2-10-3-5-11(6-4-10)8-17-14-13(16)7-12(15)9-18-14/h7,9-11H,2-6,8H2,1H3,(H,17,18). The molecule has 2 rings (SSSR count). The Balaban J connectivity index is 1.81. The lowest BCUT2D eigenvalue weighted by Gasteiger charge is -2.28. The summed E-state index contributed by atoms with van der Waals surface area (Å²) in [5, 5.41) is 3.46. The highest BCUT2D eigenvalue weighted by atomic mass is 79.9. The van der Waals surface area contributed by atoms with E-state index in [0.29, 0.717) is 0 Å². The van der Waals surface area contributed by atoms with Crippen LogP contribution in [-0.4, -0.2) is 11.5 Å². The first-order chi connectivity index (χ1) is 8.69. The molecule has 0 unspecified atom stereocenters. The smallest absolute Gasteiger partial charge is 0.140 e. The molecule has 18 heavy (non-hydrogen) atoms. The van der Waals surface area contributed by atoms with E-state index >= 15 is 0 Å². The normalized spacial score (nSPS) is 23.9. The quantitative estimate of drug-likeness (QED) is 0.778. The first-order valence-electron chi connectivity index (χ1n) is 6.74. The Labute approximate surface area is 126 Å². The number of nitrogens with zero attached hydrogens (tertiary/aromatic N) is 1. The van der Waals surface area contributed by atoms with Crippen LogP contribution in [0.3, 0.4) is 0 Å². The number of hydrogen-bond donors (Lipinski definition) is 1. The summed E-state index contributed by atoms with van der Waals surface area (Å²) in [7, 11) is 0. The zero-order chi connectivity index (χ0) is 13.0. The Bertz CT molecular complexity index is 387. The van der Waals surface area contributed by atoms with E-state index in [9.17, 15) is 0 Å². The molecule has 1 saturated carbocycles. The summed E-state index contributed by atoms with van der Waals surface area (Å²) in [6, 6.07) is 2.03.